The average Bonchev–Trinajstić information content (AvgIpc) is 3.35. The van der Waals surface area contributed by atoms with Gasteiger partial charge in [-0.3, -0.25) is 4.79 Å². The van der Waals surface area contributed by atoms with Gasteiger partial charge in [0.1, 0.15) is 5.82 Å². The highest BCUT2D eigenvalue weighted by molar-refractivity contribution is 5.94. The lowest BCUT2D eigenvalue weighted by molar-refractivity contribution is 0.101. The maximum absolute atomic E-state index is 13.8. The number of nitrogens with one attached hydrogen (secondary N) is 1. The predicted octanol–water partition coefficient (Wildman–Crippen LogP) is 4.44. The molecule has 34 heavy (non-hydrogen) atoms. The fourth-order valence-electron chi connectivity index (χ4n) is 5.60. The molecule has 6 nitrogen and oxygen atoms in total. The van der Waals surface area contributed by atoms with Crippen molar-refractivity contribution in [2.75, 3.05) is 33.4 Å². The Morgan fingerprint density at radius 1 is 1.12 bits per heavy atom. The van der Waals surface area contributed by atoms with Crippen molar-refractivity contribution in [1.29, 1.82) is 0 Å². The number of H-pyrrole nitrogens is 1. The summed E-state index contributed by atoms with van der Waals surface area (Å²) in [4.78, 5) is 17.7. The third kappa shape index (κ3) is 4.42. The number of piperidine rings is 1. The van der Waals surface area contributed by atoms with E-state index >= 15 is 0 Å². The molecule has 2 heterocycles. The molecule has 182 valence electrons. The van der Waals surface area contributed by atoms with Gasteiger partial charge in [-0.05, 0) is 94.1 Å². The van der Waals surface area contributed by atoms with Crippen molar-refractivity contribution in [2.24, 2.45) is 0 Å². The van der Waals surface area contributed by atoms with Gasteiger partial charge in [-0.15, -0.1) is 0 Å². The summed E-state index contributed by atoms with van der Waals surface area (Å²) in [6, 6.07) is 10.4. The van der Waals surface area contributed by atoms with Crippen LogP contribution in [0.4, 0.5) is 4.39 Å². The van der Waals surface area contributed by atoms with E-state index in [0.29, 0.717) is 23.7 Å². The minimum atomic E-state index is -0.158. The molecule has 1 fully saturated rings. The molecule has 2 aromatic carbocycles. The number of hydrogen-bond donors (Lipinski definition) is 1. The number of rotatable bonds is 7. The van der Waals surface area contributed by atoms with E-state index in [4.69, 9.17) is 9.47 Å². The van der Waals surface area contributed by atoms with E-state index < -0.39 is 0 Å². The first-order valence-corrected chi connectivity index (χ1v) is 11.8. The van der Waals surface area contributed by atoms with Gasteiger partial charge >= 0.3 is 0 Å². The number of Topliss-reactive ketones (excluding diaryl/α,β-unsaturated/α-hetero) is 1. The quantitative estimate of drug-likeness (QED) is 0.410. The van der Waals surface area contributed by atoms with Crippen LogP contribution < -0.4 is 9.47 Å². The second-order valence-corrected chi connectivity index (χ2v) is 9.41. The van der Waals surface area contributed by atoms with Crippen molar-refractivity contribution in [3.63, 3.8) is 0 Å². The van der Waals surface area contributed by atoms with Crippen molar-refractivity contribution < 1.29 is 24.1 Å². The SMILES string of the molecule is COc1cc(C(C)=O)ccc1OCCCN1CCC2(CCc3c2[nH]c2ccc(F)cc32)CC1.O. The van der Waals surface area contributed by atoms with Gasteiger partial charge < -0.3 is 24.8 Å². The van der Waals surface area contributed by atoms with E-state index in [0.717, 1.165) is 62.6 Å². The van der Waals surface area contributed by atoms with Gasteiger partial charge in [-0.2, -0.15) is 0 Å². The number of methoxy groups -OCH3 is 1. The summed E-state index contributed by atoms with van der Waals surface area (Å²) in [5.41, 5.74) is 4.58. The lowest BCUT2D eigenvalue weighted by Gasteiger charge is -2.39. The summed E-state index contributed by atoms with van der Waals surface area (Å²) in [7, 11) is 1.59. The van der Waals surface area contributed by atoms with Crippen molar-refractivity contribution in [3.8, 4) is 11.5 Å². The Labute approximate surface area is 199 Å². The van der Waals surface area contributed by atoms with E-state index in [1.165, 1.54) is 11.3 Å². The van der Waals surface area contributed by atoms with Crippen LogP contribution in [0.1, 0.15) is 54.2 Å². The van der Waals surface area contributed by atoms with Gasteiger partial charge in [-0.25, -0.2) is 4.39 Å². The molecule has 0 unspecified atom stereocenters. The number of aromatic amines is 1. The molecule has 3 N–H and O–H groups in total. The molecule has 0 saturated carbocycles. The molecule has 7 heteroatoms. The van der Waals surface area contributed by atoms with Gasteiger partial charge in [-0.1, -0.05) is 0 Å². The Kier molecular flexibility index (Phi) is 6.96. The van der Waals surface area contributed by atoms with Gasteiger partial charge in [0.05, 0.1) is 13.7 Å². The molecular formula is C27H33FN2O4. The average molecular weight is 469 g/mol. The molecule has 1 aromatic heterocycles. The Morgan fingerprint density at radius 2 is 1.91 bits per heavy atom. The number of aryl methyl sites for hydroxylation is 1. The summed E-state index contributed by atoms with van der Waals surface area (Å²) in [5.74, 6) is 1.12. The van der Waals surface area contributed by atoms with E-state index in [-0.39, 0.29) is 22.5 Å². The summed E-state index contributed by atoms with van der Waals surface area (Å²) in [6.45, 7) is 5.28. The molecule has 0 bridgehead atoms. The number of carbonyl (C=O) groups excluding carboxylic acids is 1. The number of ether oxygens (including phenoxy) is 2. The van der Waals surface area contributed by atoms with Crippen LogP contribution in [0, 0.1) is 5.82 Å². The second-order valence-electron chi connectivity index (χ2n) is 9.41. The zero-order valence-electron chi connectivity index (χ0n) is 19.9. The number of benzene rings is 2. The number of halogens is 1. The Morgan fingerprint density at radius 3 is 2.65 bits per heavy atom. The van der Waals surface area contributed by atoms with Crippen LogP contribution in [-0.2, 0) is 11.8 Å². The molecule has 1 spiro atoms. The minimum Gasteiger partial charge on any atom is -0.493 e. The summed E-state index contributed by atoms with van der Waals surface area (Å²) < 4.78 is 25.1. The molecule has 1 aliphatic heterocycles. The molecule has 1 aliphatic carbocycles. The number of ketones is 1. The molecule has 2 aliphatic rings. The van der Waals surface area contributed by atoms with Crippen LogP contribution >= 0.6 is 0 Å². The van der Waals surface area contributed by atoms with Gasteiger partial charge in [0.25, 0.3) is 0 Å². The number of fused-ring (bicyclic) bond motifs is 4. The zero-order valence-corrected chi connectivity index (χ0v) is 19.9. The topological polar surface area (TPSA) is 86.1 Å². The van der Waals surface area contributed by atoms with Crippen LogP contribution in [0.3, 0.4) is 0 Å². The first kappa shape index (κ1) is 24.2. The monoisotopic (exact) mass is 468 g/mol. The van der Waals surface area contributed by atoms with Crippen LogP contribution in [0.2, 0.25) is 0 Å². The number of nitrogens with zero attached hydrogens (tertiary/aromatic N) is 1. The summed E-state index contributed by atoms with van der Waals surface area (Å²) >= 11 is 0. The highest BCUT2D eigenvalue weighted by Crippen LogP contribution is 2.48. The molecule has 3 aromatic rings. The number of likely N-dealkylation sites (tertiary alicyclic amines) is 1. The van der Waals surface area contributed by atoms with E-state index in [2.05, 4.69) is 9.88 Å². The Hall–Kier alpha value is -2.90. The standard InChI is InChI=1S/C27H31FN2O3.H2O/c1-18(31)19-4-7-24(25(16-19)32-2)33-15-3-12-30-13-10-27(11-14-30)9-8-21-22-17-20(28)5-6-23(22)29-26(21)27;/h4-7,16-17,29H,3,8-15H2,1-2H3;1H2. The lowest BCUT2D eigenvalue weighted by Crippen LogP contribution is -2.42. The van der Waals surface area contributed by atoms with E-state index in [1.54, 1.807) is 38.3 Å². The highest BCUT2D eigenvalue weighted by atomic mass is 19.1. The van der Waals surface area contributed by atoms with Crippen LogP contribution in [0.5, 0.6) is 11.5 Å². The predicted molar refractivity (Wildman–Crippen MR) is 131 cm³/mol. The Balaban J connectivity index is 0.00000274. The molecule has 0 amide bonds. The van der Waals surface area contributed by atoms with Gasteiger partial charge in [0.2, 0.25) is 0 Å². The van der Waals surface area contributed by atoms with Gasteiger partial charge in [0.15, 0.2) is 17.3 Å². The van der Waals surface area contributed by atoms with E-state index in [9.17, 15) is 9.18 Å². The fraction of sp³-hybridized carbons (Fsp3) is 0.444. The fourth-order valence-corrected chi connectivity index (χ4v) is 5.60. The lowest BCUT2D eigenvalue weighted by atomic mass is 9.76. The van der Waals surface area contributed by atoms with Crippen LogP contribution in [0.15, 0.2) is 36.4 Å². The maximum Gasteiger partial charge on any atom is 0.161 e. The first-order valence-electron chi connectivity index (χ1n) is 11.8. The minimum absolute atomic E-state index is 0. The first-order chi connectivity index (χ1) is 16.0. The molecule has 5 rings (SSSR count). The number of hydrogen-bond acceptors (Lipinski definition) is 4. The summed E-state index contributed by atoms with van der Waals surface area (Å²) in [5, 5.41) is 1.06. The largest absolute Gasteiger partial charge is 0.493 e. The van der Waals surface area contributed by atoms with Crippen LogP contribution in [-0.4, -0.2) is 54.5 Å². The molecule has 1 saturated heterocycles. The molecule has 0 radical (unpaired) electrons. The normalized spacial score (nSPS) is 16.9. The maximum atomic E-state index is 13.8. The van der Waals surface area contributed by atoms with Crippen LogP contribution in [0.25, 0.3) is 10.9 Å². The molecular weight excluding hydrogens is 435 g/mol. The summed E-state index contributed by atoms with van der Waals surface area (Å²) in [6.07, 6.45) is 5.40. The van der Waals surface area contributed by atoms with Gasteiger partial charge in [0, 0.05) is 34.1 Å². The van der Waals surface area contributed by atoms with E-state index in [1.807, 2.05) is 12.1 Å². The third-order valence-corrected chi connectivity index (χ3v) is 7.51. The zero-order chi connectivity index (χ0) is 23.0. The second kappa shape index (κ2) is 9.76. The smallest absolute Gasteiger partial charge is 0.161 e. The third-order valence-electron chi connectivity index (χ3n) is 7.51. The molecule has 0 atom stereocenters. The highest BCUT2D eigenvalue weighted by Gasteiger charge is 2.43. The van der Waals surface area contributed by atoms with Crippen molar-refractivity contribution >= 4 is 16.7 Å². The number of aromatic nitrogens is 1. The Bertz CT molecular complexity index is 1180. The van der Waals surface area contributed by atoms with Crippen molar-refractivity contribution in [2.45, 2.75) is 44.4 Å². The van der Waals surface area contributed by atoms with Crippen molar-refractivity contribution in [3.05, 3.63) is 59.0 Å². The number of carbonyl (C=O) groups is 1. The van der Waals surface area contributed by atoms with Crippen molar-refractivity contribution in [1.82, 2.24) is 9.88 Å².